The second kappa shape index (κ2) is 9.12. The summed E-state index contributed by atoms with van der Waals surface area (Å²) >= 11 is 0. The van der Waals surface area contributed by atoms with E-state index in [1.165, 1.54) is 0 Å². The van der Waals surface area contributed by atoms with E-state index in [1.807, 2.05) is 0 Å². The van der Waals surface area contributed by atoms with E-state index in [2.05, 4.69) is 19.6 Å². The standard InChI is InChI=1S/C11H28N2O2Si/c1-16(2,3)11(13)5-8-15-10-9-14-7-4-6-12/h11H,4-10,12-13H2,1-3H3. The van der Waals surface area contributed by atoms with Crippen LogP contribution in [0, 0.1) is 0 Å². The summed E-state index contributed by atoms with van der Waals surface area (Å²) in [5, 5.41) is 0. The first-order chi connectivity index (χ1) is 7.48. The lowest BCUT2D eigenvalue weighted by atomic mass is 10.4. The van der Waals surface area contributed by atoms with E-state index in [-0.39, 0.29) is 0 Å². The molecule has 0 aromatic rings. The molecule has 1 atom stereocenters. The lowest BCUT2D eigenvalue weighted by molar-refractivity contribution is 0.0463. The van der Waals surface area contributed by atoms with Crippen molar-refractivity contribution in [3.05, 3.63) is 0 Å². The Morgan fingerprint density at radius 1 is 1.00 bits per heavy atom. The Morgan fingerprint density at radius 3 is 2.06 bits per heavy atom. The van der Waals surface area contributed by atoms with Gasteiger partial charge in [-0.3, -0.25) is 0 Å². The topological polar surface area (TPSA) is 70.5 Å². The summed E-state index contributed by atoms with van der Waals surface area (Å²) in [5.74, 6) is 0. The minimum absolute atomic E-state index is 0.325. The van der Waals surface area contributed by atoms with Crippen molar-refractivity contribution < 1.29 is 9.47 Å². The van der Waals surface area contributed by atoms with Gasteiger partial charge in [-0.25, -0.2) is 0 Å². The third-order valence-corrected chi connectivity index (χ3v) is 5.06. The molecule has 4 nitrogen and oxygen atoms in total. The zero-order valence-electron chi connectivity index (χ0n) is 11.0. The van der Waals surface area contributed by atoms with Crippen LogP contribution < -0.4 is 11.5 Å². The normalized spacial score (nSPS) is 14.1. The Morgan fingerprint density at radius 2 is 1.56 bits per heavy atom. The molecule has 0 aliphatic carbocycles. The maximum Gasteiger partial charge on any atom is 0.0700 e. The van der Waals surface area contributed by atoms with E-state index in [1.54, 1.807) is 0 Å². The second-order valence-electron chi connectivity index (χ2n) is 5.13. The summed E-state index contributed by atoms with van der Waals surface area (Å²) in [6.45, 7) is 10.3. The molecule has 0 aromatic heterocycles. The predicted molar refractivity (Wildman–Crippen MR) is 71.2 cm³/mol. The summed E-state index contributed by atoms with van der Waals surface area (Å²) in [5.41, 5.74) is 11.7. The van der Waals surface area contributed by atoms with Gasteiger partial charge in [-0.15, -0.1) is 0 Å². The van der Waals surface area contributed by atoms with Gasteiger partial charge in [0.05, 0.1) is 21.3 Å². The fourth-order valence-corrected chi connectivity index (χ4v) is 2.13. The molecule has 16 heavy (non-hydrogen) atoms. The molecule has 0 aliphatic heterocycles. The summed E-state index contributed by atoms with van der Waals surface area (Å²) in [6.07, 6.45) is 1.87. The molecule has 0 bridgehead atoms. The van der Waals surface area contributed by atoms with Gasteiger partial charge in [-0.05, 0) is 25.1 Å². The monoisotopic (exact) mass is 248 g/mol. The molecule has 0 rings (SSSR count). The zero-order valence-corrected chi connectivity index (χ0v) is 12.0. The highest BCUT2D eigenvalue weighted by Gasteiger charge is 2.22. The maximum absolute atomic E-state index is 6.07. The molecule has 0 aromatic carbocycles. The molecular weight excluding hydrogens is 220 g/mol. The van der Waals surface area contributed by atoms with Crippen LogP contribution in [0.4, 0.5) is 0 Å². The van der Waals surface area contributed by atoms with Crippen LogP contribution in [0.25, 0.3) is 0 Å². The van der Waals surface area contributed by atoms with E-state index in [0.717, 1.165) is 26.1 Å². The Labute approximate surface area is 101 Å². The average Bonchev–Trinajstić information content (AvgIpc) is 2.20. The van der Waals surface area contributed by atoms with E-state index in [9.17, 15) is 0 Å². The van der Waals surface area contributed by atoms with Gasteiger partial charge >= 0.3 is 0 Å². The van der Waals surface area contributed by atoms with Gasteiger partial charge in [0.15, 0.2) is 0 Å². The number of hydrogen-bond acceptors (Lipinski definition) is 4. The van der Waals surface area contributed by atoms with E-state index >= 15 is 0 Å². The summed E-state index contributed by atoms with van der Waals surface area (Å²) in [4.78, 5) is 0. The van der Waals surface area contributed by atoms with Crippen molar-refractivity contribution in [2.45, 2.75) is 38.1 Å². The molecule has 0 fully saturated rings. The molecule has 0 amide bonds. The van der Waals surface area contributed by atoms with E-state index in [4.69, 9.17) is 20.9 Å². The smallest absolute Gasteiger partial charge is 0.0700 e. The largest absolute Gasteiger partial charge is 0.379 e. The van der Waals surface area contributed by atoms with Crippen LogP contribution in [0.5, 0.6) is 0 Å². The first-order valence-corrected chi connectivity index (χ1v) is 9.67. The molecule has 5 heteroatoms. The number of ether oxygens (including phenoxy) is 2. The van der Waals surface area contributed by atoms with Crippen molar-refractivity contribution in [1.29, 1.82) is 0 Å². The van der Waals surface area contributed by atoms with Crippen molar-refractivity contribution in [2.75, 3.05) is 33.0 Å². The van der Waals surface area contributed by atoms with Crippen LogP contribution in [0.2, 0.25) is 19.6 Å². The van der Waals surface area contributed by atoms with Crippen LogP contribution >= 0.6 is 0 Å². The fourth-order valence-electron chi connectivity index (χ4n) is 1.15. The van der Waals surface area contributed by atoms with Crippen LogP contribution in [-0.4, -0.2) is 46.7 Å². The molecule has 4 N–H and O–H groups in total. The molecule has 0 saturated carbocycles. The Kier molecular flexibility index (Phi) is 9.16. The molecule has 0 saturated heterocycles. The second-order valence-corrected chi connectivity index (χ2v) is 10.6. The van der Waals surface area contributed by atoms with Gasteiger partial charge in [0, 0.05) is 13.2 Å². The molecular formula is C11H28N2O2Si. The molecule has 0 radical (unpaired) electrons. The van der Waals surface area contributed by atoms with E-state index in [0.29, 0.717) is 25.4 Å². The van der Waals surface area contributed by atoms with Crippen LogP contribution in [0.15, 0.2) is 0 Å². The molecule has 0 aliphatic rings. The third kappa shape index (κ3) is 9.29. The van der Waals surface area contributed by atoms with Gasteiger partial charge in [-0.2, -0.15) is 0 Å². The number of hydrogen-bond donors (Lipinski definition) is 2. The Balaban J connectivity index is 3.21. The average molecular weight is 248 g/mol. The highest BCUT2D eigenvalue weighted by molar-refractivity contribution is 6.77. The van der Waals surface area contributed by atoms with Crippen molar-refractivity contribution in [1.82, 2.24) is 0 Å². The van der Waals surface area contributed by atoms with Crippen LogP contribution in [-0.2, 0) is 9.47 Å². The first-order valence-electron chi connectivity index (χ1n) is 6.09. The maximum atomic E-state index is 6.07. The Bertz CT molecular complexity index is 163. The lowest BCUT2D eigenvalue weighted by Crippen LogP contribution is -2.45. The van der Waals surface area contributed by atoms with Gasteiger partial charge in [0.25, 0.3) is 0 Å². The van der Waals surface area contributed by atoms with Crippen molar-refractivity contribution in [2.24, 2.45) is 11.5 Å². The first kappa shape index (κ1) is 16.1. The van der Waals surface area contributed by atoms with Gasteiger partial charge < -0.3 is 20.9 Å². The van der Waals surface area contributed by atoms with Crippen molar-refractivity contribution in [3.8, 4) is 0 Å². The van der Waals surface area contributed by atoms with Crippen molar-refractivity contribution in [3.63, 3.8) is 0 Å². The predicted octanol–water partition coefficient (Wildman–Crippen LogP) is 0.963. The highest BCUT2D eigenvalue weighted by Crippen LogP contribution is 2.08. The minimum atomic E-state index is -1.19. The van der Waals surface area contributed by atoms with Crippen LogP contribution in [0.1, 0.15) is 12.8 Å². The summed E-state index contributed by atoms with van der Waals surface area (Å²) in [7, 11) is -1.19. The number of rotatable bonds is 10. The highest BCUT2D eigenvalue weighted by atomic mass is 28.3. The quantitative estimate of drug-likeness (QED) is 0.446. The Hall–Kier alpha value is 0.0569. The lowest BCUT2D eigenvalue weighted by Gasteiger charge is -2.24. The van der Waals surface area contributed by atoms with Gasteiger partial charge in [0.1, 0.15) is 0 Å². The van der Waals surface area contributed by atoms with E-state index < -0.39 is 8.07 Å². The third-order valence-electron chi connectivity index (χ3n) is 2.55. The molecule has 1 unspecified atom stereocenters. The fraction of sp³-hybridized carbons (Fsp3) is 1.00. The zero-order chi connectivity index (χ0) is 12.4. The summed E-state index contributed by atoms with van der Waals surface area (Å²) in [6, 6.07) is 0. The minimum Gasteiger partial charge on any atom is -0.379 e. The van der Waals surface area contributed by atoms with Crippen molar-refractivity contribution >= 4 is 8.07 Å². The SMILES string of the molecule is C[Si](C)(C)C(N)CCOCCOCCCN. The molecule has 0 spiro atoms. The number of nitrogens with two attached hydrogens (primary N) is 2. The van der Waals surface area contributed by atoms with Crippen LogP contribution in [0.3, 0.4) is 0 Å². The van der Waals surface area contributed by atoms with Gasteiger partial charge in [0.2, 0.25) is 0 Å². The summed E-state index contributed by atoms with van der Waals surface area (Å²) < 4.78 is 10.8. The molecule has 0 heterocycles. The van der Waals surface area contributed by atoms with Gasteiger partial charge in [-0.1, -0.05) is 19.6 Å². The molecule has 98 valence electrons.